The first-order chi connectivity index (χ1) is 10.3. The summed E-state index contributed by atoms with van der Waals surface area (Å²) in [5, 5.41) is 10.8. The van der Waals surface area contributed by atoms with Crippen molar-refractivity contribution >= 4 is 28.5 Å². The third-order valence-electron chi connectivity index (χ3n) is 2.75. The molecule has 0 unspecified atom stereocenters. The second-order valence-electron chi connectivity index (χ2n) is 4.40. The van der Waals surface area contributed by atoms with Gasteiger partial charge in [0.25, 0.3) is 0 Å². The number of nitrogens with zero attached hydrogens (tertiary/aromatic N) is 4. The van der Waals surface area contributed by atoms with Gasteiger partial charge in [-0.15, -0.1) is 11.3 Å². The molecule has 2 aromatic heterocycles. The minimum absolute atomic E-state index is 0.499. The van der Waals surface area contributed by atoms with E-state index in [4.69, 9.17) is 5.73 Å². The second-order valence-corrected chi connectivity index (χ2v) is 5.25. The van der Waals surface area contributed by atoms with E-state index < -0.39 is 0 Å². The zero-order valence-corrected chi connectivity index (χ0v) is 12.0. The zero-order chi connectivity index (χ0) is 14.5. The Hall–Kier alpha value is -2.67. The summed E-state index contributed by atoms with van der Waals surface area (Å²) in [5.74, 6) is 0.499. The maximum Gasteiger partial charge on any atom is 0.205 e. The van der Waals surface area contributed by atoms with E-state index in [1.54, 1.807) is 17.8 Å². The first-order valence-corrected chi connectivity index (χ1v) is 7.24. The number of nitrogens with two attached hydrogens (primary N) is 1. The largest absolute Gasteiger partial charge is 0.383 e. The van der Waals surface area contributed by atoms with E-state index in [2.05, 4.69) is 32.7 Å². The van der Waals surface area contributed by atoms with Crippen LogP contribution in [0.4, 0.5) is 10.9 Å². The van der Waals surface area contributed by atoms with Gasteiger partial charge in [0.2, 0.25) is 5.13 Å². The highest BCUT2D eigenvalue weighted by atomic mass is 32.1. The quantitative estimate of drug-likeness (QED) is 0.560. The first kappa shape index (κ1) is 13.3. The third kappa shape index (κ3) is 3.67. The van der Waals surface area contributed by atoms with Crippen molar-refractivity contribution in [3.05, 3.63) is 59.2 Å². The van der Waals surface area contributed by atoms with Crippen LogP contribution >= 0.6 is 11.3 Å². The van der Waals surface area contributed by atoms with Crippen LogP contribution in [0.2, 0.25) is 0 Å². The van der Waals surface area contributed by atoms with Crippen molar-refractivity contribution in [2.45, 2.75) is 6.54 Å². The normalized spacial score (nSPS) is 11.0. The fourth-order valence-corrected chi connectivity index (χ4v) is 2.40. The van der Waals surface area contributed by atoms with E-state index in [1.165, 1.54) is 16.9 Å². The second kappa shape index (κ2) is 6.19. The Kier molecular flexibility index (Phi) is 3.92. The molecule has 0 radical (unpaired) electrons. The highest BCUT2D eigenvalue weighted by molar-refractivity contribution is 7.14. The molecule has 1 aromatic carbocycles. The van der Waals surface area contributed by atoms with Gasteiger partial charge in [-0.05, 0) is 23.3 Å². The van der Waals surface area contributed by atoms with Gasteiger partial charge in [0.15, 0.2) is 0 Å². The van der Waals surface area contributed by atoms with Gasteiger partial charge in [0.1, 0.15) is 5.82 Å². The lowest BCUT2D eigenvalue weighted by Crippen LogP contribution is -2.00. The Balaban J connectivity index is 1.65. The number of anilines is 2. The molecule has 0 aliphatic carbocycles. The van der Waals surface area contributed by atoms with Crippen molar-refractivity contribution in [2.24, 2.45) is 5.10 Å². The van der Waals surface area contributed by atoms with Gasteiger partial charge in [0.05, 0.1) is 12.8 Å². The summed E-state index contributed by atoms with van der Waals surface area (Å²) in [7, 11) is 0. The van der Waals surface area contributed by atoms with Crippen LogP contribution in [0.1, 0.15) is 11.1 Å². The maximum atomic E-state index is 5.54. The summed E-state index contributed by atoms with van der Waals surface area (Å²) >= 11 is 1.42. The molecule has 6 nitrogen and oxygen atoms in total. The number of thiazole rings is 1. The Morgan fingerprint density at radius 1 is 1.38 bits per heavy atom. The molecule has 0 fully saturated rings. The number of nitrogen functional groups attached to an aromatic ring is 1. The molecule has 3 rings (SSSR count). The molecule has 0 spiro atoms. The highest BCUT2D eigenvalue weighted by Crippen LogP contribution is 2.16. The molecular formula is C14H14N6S. The molecule has 0 aliphatic rings. The van der Waals surface area contributed by atoms with Crippen molar-refractivity contribution in [1.29, 1.82) is 0 Å². The lowest BCUT2D eigenvalue weighted by Gasteiger charge is -2.03. The van der Waals surface area contributed by atoms with Gasteiger partial charge in [-0.3, -0.25) is 10.1 Å². The molecule has 0 aliphatic heterocycles. The summed E-state index contributed by atoms with van der Waals surface area (Å²) in [6, 6.07) is 10.0. The van der Waals surface area contributed by atoms with Crippen LogP contribution in [0.25, 0.3) is 0 Å². The van der Waals surface area contributed by atoms with Crippen LogP contribution in [0.5, 0.6) is 0 Å². The first-order valence-electron chi connectivity index (χ1n) is 6.36. The van der Waals surface area contributed by atoms with E-state index in [-0.39, 0.29) is 0 Å². The smallest absolute Gasteiger partial charge is 0.205 e. The van der Waals surface area contributed by atoms with E-state index in [0.29, 0.717) is 10.9 Å². The highest BCUT2D eigenvalue weighted by Gasteiger charge is 1.97. The average Bonchev–Trinajstić information content (AvgIpc) is 3.11. The lowest BCUT2D eigenvalue weighted by molar-refractivity contribution is 0.687. The Morgan fingerprint density at radius 2 is 2.33 bits per heavy atom. The van der Waals surface area contributed by atoms with Crippen molar-refractivity contribution in [3.63, 3.8) is 0 Å². The molecule has 2 heterocycles. The number of rotatable bonds is 5. The van der Waals surface area contributed by atoms with E-state index in [0.717, 1.165) is 12.1 Å². The number of hydrazone groups is 1. The zero-order valence-electron chi connectivity index (χ0n) is 11.2. The molecule has 3 N–H and O–H groups in total. The number of aromatic nitrogens is 3. The van der Waals surface area contributed by atoms with Gasteiger partial charge < -0.3 is 5.73 Å². The van der Waals surface area contributed by atoms with Crippen molar-refractivity contribution in [2.75, 3.05) is 11.2 Å². The molecule has 0 saturated heterocycles. The van der Waals surface area contributed by atoms with Gasteiger partial charge in [0, 0.05) is 17.8 Å². The van der Waals surface area contributed by atoms with E-state index in [9.17, 15) is 0 Å². The number of hydrogen-bond donors (Lipinski definition) is 2. The third-order valence-corrected chi connectivity index (χ3v) is 3.52. The molecular weight excluding hydrogens is 284 g/mol. The standard InChI is InChI=1S/C14H14N6S/c15-13-10-21-14(18-13)19-16-8-11-3-1-4-12(7-11)9-20-6-2-5-17-20/h1-8,10H,9,15H2,(H,18,19). The van der Waals surface area contributed by atoms with Gasteiger partial charge in [-0.2, -0.15) is 10.2 Å². The summed E-state index contributed by atoms with van der Waals surface area (Å²) in [6.07, 6.45) is 5.47. The maximum absolute atomic E-state index is 5.54. The topological polar surface area (TPSA) is 81.1 Å². The molecule has 0 saturated carbocycles. The molecule has 0 atom stereocenters. The SMILES string of the molecule is Nc1csc(NN=Cc2cccc(Cn3cccn3)c2)n1. The molecule has 0 bridgehead atoms. The fourth-order valence-electron chi connectivity index (χ4n) is 1.85. The van der Waals surface area contributed by atoms with Gasteiger partial charge in [-0.25, -0.2) is 4.98 Å². The van der Waals surface area contributed by atoms with Crippen LogP contribution in [0, 0.1) is 0 Å². The molecule has 3 aromatic rings. The van der Waals surface area contributed by atoms with Crippen LogP contribution in [-0.4, -0.2) is 21.0 Å². The van der Waals surface area contributed by atoms with Gasteiger partial charge >= 0.3 is 0 Å². The summed E-state index contributed by atoms with van der Waals surface area (Å²) < 4.78 is 1.88. The van der Waals surface area contributed by atoms with Crippen molar-refractivity contribution in [3.8, 4) is 0 Å². The predicted molar refractivity (Wildman–Crippen MR) is 85.5 cm³/mol. The minimum atomic E-state index is 0.499. The van der Waals surface area contributed by atoms with Crippen LogP contribution in [0.3, 0.4) is 0 Å². The Bertz CT molecular complexity index is 732. The number of hydrogen-bond acceptors (Lipinski definition) is 6. The predicted octanol–water partition coefficient (Wildman–Crippen LogP) is 2.42. The summed E-state index contributed by atoms with van der Waals surface area (Å²) in [4.78, 5) is 4.07. The van der Waals surface area contributed by atoms with E-state index >= 15 is 0 Å². The monoisotopic (exact) mass is 298 g/mol. The van der Waals surface area contributed by atoms with Crippen molar-refractivity contribution < 1.29 is 0 Å². The number of nitrogens with one attached hydrogen (secondary N) is 1. The van der Waals surface area contributed by atoms with Crippen LogP contribution in [-0.2, 0) is 6.54 Å². The van der Waals surface area contributed by atoms with Crippen LogP contribution < -0.4 is 11.2 Å². The minimum Gasteiger partial charge on any atom is -0.383 e. The van der Waals surface area contributed by atoms with Crippen molar-refractivity contribution in [1.82, 2.24) is 14.8 Å². The van der Waals surface area contributed by atoms with E-state index in [1.807, 2.05) is 29.1 Å². The molecule has 21 heavy (non-hydrogen) atoms. The lowest BCUT2D eigenvalue weighted by atomic mass is 10.1. The fraction of sp³-hybridized carbons (Fsp3) is 0.0714. The van der Waals surface area contributed by atoms with Gasteiger partial charge in [-0.1, -0.05) is 18.2 Å². The Labute approximate surface area is 125 Å². The molecule has 0 amide bonds. The summed E-state index contributed by atoms with van der Waals surface area (Å²) in [6.45, 7) is 0.741. The Morgan fingerprint density at radius 3 is 3.10 bits per heavy atom. The number of benzene rings is 1. The molecule has 7 heteroatoms. The average molecular weight is 298 g/mol. The summed E-state index contributed by atoms with van der Waals surface area (Å²) in [5.41, 5.74) is 10.6. The molecule has 106 valence electrons. The van der Waals surface area contributed by atoms with Crippen LogP contribution in [0.15, 0.2) is 53.2 Å².